The van der Waals surface area contributed by atoms with Crippen LogP contribution in [-0.2, 0) is 14.6 Å². The lowest BCUT2D eigenvalue weighted by Crippen LogP contribution is -2.44. The van der Waals surface area contributed by atoms with Gasteiger partial charge in [0.1, 0.15) is 5.75 Å². The van der Waals surface area contributed by atoms with Gasteiger partial charge in [-0.25, -0.2) is 8.42 Å². The van der Waals surface area contributed by atoms with Gasteiger partial charge in [-0.1, -0.05) is 18.5 Å². The minimum Gasteiger partial charge on any atom is -0.338 e. The van der Waals surface area contributed by atoms with Crippen molar-refractivity contribution in [1.29, 1.82) is 0 Å². The van der Waals surface area contributed by atoms with E-state index < -0.39 is 15.6 Å². The minimum atomic E-state index is -3.64. The van der Waals surface area contributed by atoms with Crippen molar-refractivity contribution in [3.8, 4) is 0 Å². The molecule has 0 bridgehead atoms. The third kappa shape index (κ3) is 5.35. The van der Waals surface area contributed by atoms with Crippen LogP contribution in [0.25, 0.3) is 0 Å². The highest BCUT2D eigenvalue weighted by atomic mass is 35.5. The standard InChI is InChI=1S/C15H21ClN2O3S.ClH/c1-2-9-18(13-7-8-17-10-13)15(19)11-22(20,21)14-5-3-12(16)4-6-14;/h3-6,13,17H,2,7-11H2,1H3;1H. The Morgan fingerprint density at radius 3 is 2.52 bits per heavy atom. The Morgan fingerprint density at radius 2 is 2.00 bits per heavy atom. The summed E-state index contributed by atoms with van der Waals surface area (Å²) in [4.78, 5) is 14.3. The third-order valence-electron chi connectivity index (χ3n) is 3.75. The lowest BCUT2D eigenvalue weighted by atomic mass is 10.2. The number of nitrogens with zero attached hydrogens (tertiary/aromatic N) is 1. The highest BCUT2D eigenvalue weighted by Crippen LogP contribution is 2.17. The summed E-state index contributed by atoms with van der Waals surface area (Å²) in [5.41, 5.74) is 0. The molecule has 0 aliphatic carbocycles. The molecule has 1 N–H and O–H groups in total. The summed E-state index contributed by atoms with van der Waals surface area (Å²) < 4.78 is 24.7. The molecule has 0 saturated carbocycles. The molecule has 1 aliphatic heterocycles. The van der Waals surface area contributed by atoms with Crippen LogP contribution in [0.5, 0.6) is 0 Å². The number of hydrogen-bond donors (Lipinski definition) is 1. The number of amides is 1. The Balaban J connectivity index is 0.00000264. The van der Waals surface area contributed by atoms with Crippen LogP contribution in [0.4, 0.5) is 0 Å². The first-order valence-corrected chi connectivity index (χ1v) is 9.45. The molecule has 130 valence electrons. The van der Waals surface area contributed by atoms with Gasteiger partial charge < -0.3 is 10.2 Å². The molecule has 0 aromatic heterocycles. The Labute approximate surface area is 148 Å². The highest BCUT2D eigenvalue weighted by molar-refractivity contribution is 7.92. The number of carbonyl (C=O) groups is 1. The van der Waals surface area contributed by atoms with Crippen molar-refractivity contribution in [2.45, 2.75) is 30.7 Å². The fourth-order valence-corrected chi connectivity index (χ4v) is 3.96. The first-order chi connectivity index (χ1) is 10.4. The summed E-state index contributed by atoms with van der Waals surface area (Å²) in [7, 11) is -3.64. The molecular formula is C15H22Cl2N2O3S. The average molecular weight is 381 g/mol. The second-order valence-corrected chi connectivity index (χ2v) is 7.87. The second-order valence-electron chi connectivity index (χ2n) is 5.45. The maximum Gasteiger partial charge on any atom is 0.238 e. The van der Waals surface area contributed by atoms with E-state index in [0.29, 0.717) is 11.6 Å². The van der Waals surface area contributed by atoms with E-state index >= 15 is 0 Å². The molecule has 1 atom stereocenters. The van der Waals surface area contributed by atoms with Crippen LogP contribution in [0.1, 0.15) is 19.8 Å². The van der Waals surface area contributed by atoms with E-state index in [9.17, 15) is 13.2 Å². The van der Waals surface area contributed by atoms with Crippen LogP contribution < -0.4 is 5.32 Å². The van der Waals surface area contributed by atoms with Gasteiger partial charge in [0, 0.05) is 24.2 Å². The quantitative estimate of drug-likeness (QED) is 0.820. The van der Waals surface area contributed by atoms with E-state index in [1.54, 1.807) is 4.90 Å². The molecule has 0 spiro atoms. The molecule has 2 rings (SSSR count). The molecule has 1 aliphatic rings. The van der Waals surface area contributed by atoms with E-state index in [0.717, 1.165) is 25.9 Å². The number of sulfone groups is 1. The predicted molar refractivity (Wildman–Crippen MR) is 94.0 cm³/mol. The number of nitrogens with one attached hydrogen (secondary N) is 1. The molecule has 23 heavy (non-hydrogen) atoms. The van der Waals surface area contributed by atoms with Crippen molar-refractivity contribution in [2.24, 2.45) is 0 Å². The SMILES string of the molecule is CCCN(C(=O)CS(=O)(=O)c1ccc(Cl)cc1)C1CCNC1.Cl. The molecule has 1 unspecified atom stereocenters. The van der Waals surface area contributed by atoms with Gasteiger partial charge in [0.15, 0.2) is 9.84 Å². The molecule has 1 aromatic carbocycles. The molecule has 1 heterocycles. The molecule has 8 heteroatoms. The Kier molecular flexibility index (Phi) is 7.80. The number of carbonyl (C=O) groups excluding carboxylic acids is 1. The normalized spacial score (nSPS) is 17.6. The van der Waals surface area contributed by atoms with Crippen LogP contribution in [-0.4, -0.2) is 50.7 Å². The zero-order valence-corrected chi connectivity index (χ0v) is 15.4. The molecule has 0 radical (unpaired) electrons. The van der Waals surface area contributed by atoms with E-state index in [4.69, 9.17) is 11.6 Å². The fourth-order valence-electron chi connectivity index (χ4n) is 2.63. The topological polar surface area (TPSA) is 66.5 Å². The third-order valence-corrected chi connectivity index (χ3v) is 5.62. The van der Waals surface area contributed by atoms with Gasteiger partial charge in [-0.2, -0.15) is 0 Å². The van der Waals surface area contributed by atoms with Crippen LogP contribution in [0.15, 0.2) is 29.2 Å². The van der Waals surface area contributed by atoms with Crippen LogP contribution in [0, 0.1) is 0 Å². The number of rotatable bonds is 6. The Hall–Kier alpha value is -0.820. The zero-order chi connectivity index (χ0) is 16.2. The number of benzene rings is 1. The summed E-state index contributed by atoms with van der Waals surface area (Å²) >= 11 is 5.77. The lowest BCUT2D eigenvalue weighted by Gasteiger charge is -2.28. The van der Waals surface area contributed by atoms with Crippen LogP contribution >= 0.6 is 24.0 Å². The van der Waals surface area contributed by atoms with Gasteiger partial charge in [0.05, 0.1) is 4.90 Å². The van der Waals surface area contributed by atoms with Crippen molar-refractivity contribution in [3.63, 3.8) is 0 Å². The zero-order valence-electron chi connectivity index (χ0n) is 13.0. The van der Waals surface area contributed by atoms with Crippen molar-refractivity contribution in [1.82, 2.24) is 10.2 Å². The average Bonchev–Trinajstić information content (AvgIpc) is 2.98. The van der Waals surface area contributed by atoms with E-state index in [1.165, 1.54) is 24.3 Å². The van der Waals surface area contributed by atoms with Gasteiger partial charge in [-0.3, -0.25) is 4.79 Å². The number of halogens is 2. The summed E-state index contributed by atoms with van der Waals surface area (Å²) in [6, 6.07) is 6.00. The minimum absolute atomic E-state index is 0. The first kappa shape index (κ1) is 20.2. The first-order valence-electron chi connectivity index (χ1n) is 7.42. The van der Waals surface area contributed by atoms with E-state index in [1.807, 2.05) is 6.92 Å². The van der Waals surface area contributed by atoms with Crippen LogP contribution in [0.3, 0.4) is 0 Å². The molecule has 1 saturated heterocycles. The van der Waals surface area contributed by atoms with Gasteiger partial charge >= 0.3 is 0 Å². The Bertz CT molecular complexity index is 614. The lowest BCUT2D eigenvalue weighted by molar-refractivity contribution is -0.130. The second kappa shape index (κ2) is 8.87. The van der Waals surface area contributed by atoms with E-state index in [2.05, 4.69) is 5.32 Å². The summed E-state index contributed by atoms with van der Waals surface area (Å²) in [6.07, 6.45) is 1.68. The van der Waals surface area contributed by atoms with Crippen molar-refractivity contribution < 1.29 is 13.2 Å². The van der Waals surface area contributed by atoms with Gasteiger partial charge in [-0.15, -0.1) is 12.4 Å². The summed E-state index contributed by atoms with van der Waals surface area (Å²) in [5, 5.41) is 3.68. The molecule has 1 amide bonds. The van der Waals surface area contributed by atoms with E-state index in [-0.39, 0.29) is 29.3 Å². The maximum absolute atomic E-state index is 12.5. The van der Waals surface area contributed by atoms with Crippen molar-refractivity contribution >= 4 is 39.8 Å². The predicted octanol–water partition coefficient (Wildman–Crippen LogP) is 2.14. The van der Waals surface area contributed by atoms with Gasteiger partial charge in [0.25, 0.3) is 0 Å². The Morgan fingerprint density at radius 1 is 1.35 bits per heavy atom. The molecule has 1 fully saturated rings. The largest absolute Gasteiger partial charge is 0.338 e. The van der Waals surface area contributed by atoms with Crippen molar-refractivity contribution in [3.05, 3.63) is 29.3 Å². The highest BCUT2D eigenvalue weighted by Gasteiger charge is 2.29. The monoisotopic (exact) mass is 380 g/mol. The molecule has 5 nitrogen and oxygen atoms in total. The smallest absolute Gasteiger partial charge is 0.238 e. The van der Waals surface area contributed by atoms with Gasteiger partial charge in [-0.05, 0) is 43.7 Å². The van der Waals surface area contributed by atoms with Crippen LogP contribution in [0.2, 0.25) is 5.02 Å². The fraction of sp³-hybridized carbons (Fsp3) is 0.533. The maximum atomic E-state index is 12.5. The number of hydrogen-bond acceptors (Lipinski definition) is 4. The molecular weight excluding hydrogens is 359 g/mol. The summed E-state index contributed by atoms with van der Waals surface area (Å²) in [5.74, 6) is -0.823. The summed E-state index contributed by atoms with van der Waals surface area (Å²) in [6.45, 7) is 4.16. The van der Waals surface area contributed by atoms with Crippen molar-refractivity contribution in [2.75, 3.05) is 25.4 Å². The molecule has 1 aromatic rings. The van der Waals surface area contributed by atoms with Gasteiger partial charge in [0.2, 0.25) is 5.91 Å².